The zero-order valence-corrected chi connectivity index (χ0v) is 13.0. The predicted molar refractivity (Wildman–Crippen MR) is 81.1 cm³/mol. The van der Waals surface area contributed by atoms with Crippen LogP contribution in [0.4, 0.5) is 8.78 Å². The standard InChI is InChI=1S/C17H17ClF2O/c1-10-6-13(7-11(2)17(10)21-3)14(18)8-12-4-5-15(19)16(20)9-12/h4-7,9,14H,8H2,1-3H3. The number of aryl methyl sites for hydroxylation is 2. The number of hydrogen-bond donors (Lipinski definition) is 0. The number of ether oxygens (including phenoxy) is 1. The average Bonchev–Trinajstić information content (AvgIpc) is 2.42. The summed E-state index contributed by atoms with van der Waals surface area (Å²) in [6, 6.07) is 7.79. The summed E-state index contributed by atoms with van der Waals surface area (Å²) < 4.78 is 31.5. The Labute approximate surface area is 128 Å². The smallest absolute Gasteiger partial charge is 0.159 e. The fourth-order valence-corrected chi connectivity index (χ4v) is 2.78. The van der Waals surface area contributed by atoms with E-state index in [1.54, 1.807) is 13.2 Å². The first-order valence-electron chi connectivity index (χ1n) is 6.65. The van der Waals surface area contributed by atoms with Gasteiger partial charge in [-0.15, -0.1) is 11.6 Å². The second-order valence-electron chi connectivity index (χ2n) is 5.11. The van der Waals surface area contributed by atoms with E-state index in [-0.39, 0.29) is 5.38 Å². The molecule has 0 saturated carbocycles. The Morgan fingerprint density at radius 3 is 2.19 bits per heavy atom. The van der Waals surface area contributed by atoms with Crippen molar-refractivity contribution in [3.8, 4) is 5.75 Å². The Morgan fingerprint density at radius 1 is 1.05 bits per heavy atom. The van der Waals surface area contributed by atoms with Crippen LogP contribution in [-0.2, 0) is 6.42 Å². The molecule has 0 aliphatic rings. The Kier molecular flexibility index (Phi) is 4.84. The van der Waals surface area contributed by atoms with Crippen molar-refractivity contribution in [1.29, 1.82) is 0 Å². The molecule has 21 heavy (non-hydrogen) atoms. The van der Waals surface area contributed by atoms with E-state index in [0.717, 1.165) is 28.5 Å². The summed E-state index contributed by atoms with van der Waals surface area (Å²) in [5.74, 6) is -0.852. The van der Waals surface area contributed by atoms with E-state index >= 15 is 0 Å². The van der Waals surface area contributed by atoms with E-state index in [1.807, 2.05) is 26.0 Å². The van der Waals surface area contributed by atoms with Crippen molar-refractivity contribution < 1.29 is 13.5 Å². The Hall–Kier alpha value is -1.61. The predicted octanol–water partition coefficient (Wildman–Crippen LogP) is 5.11. The second kappa shape index (κ2) is 6.44. The number of hydrogen-bond acceptors (Lipinski definition) is 1. The maximum atomic E-state index is 13.2. The third kappa shape index (κ3) is 3.53. The lowest BCUT2D eigenvalue weighted by atomic mass is 9.99. The summed E-state index contributed by atoms with van der Waals surface area (Å²) in [6.45, 7) is 3.91. The Morgan fingerprint density at radius 2 is 1.67 bits per heavy atom. The summed E-state index contributed by atoms with van der Waals surface area (Å²) >= 11 is 6.42. The van der Waals surface area contributed by atoms with E-state index < -0.39 is 11.6 Å². The first-order valence-corrected chi connectivity index (χ1v) is 7.09. The highest BCUT2D eigenvalue weighted by molar-refractivity contribution is 6.21. The van der Waals surface area contributed by atoms with Crippen molar-refractivity contribution in [2.75, 3.05) is 7.11 Å². The van der Waals surface area contributed by atoms with Crippen molar-refractivity contribution >= 4 is 11.6 Å². The SMILES string of the molecule is COc1c(C)cc(C(Cl)Cc2ccc(F)c(F)c2)cc1C. The van der Waals surface area contributed by atoms with Gasteiger partial charge in [0.1, 0.15) is 5.75 Å². The quantitative estimate of drug-likeness (QED) is 0.713. The van der Waals surface area contributed by atoms with E-state index in [9.17, 15) is 8.78 Å². The van der Waals surface area contributed by atoms with Gasteiger partial charge < -0.3 is 4.74 Å². The van der Waals surface area contributed by atoms with Gasteiger partial charge in [-0.1, -0.05) is 18.2 Å². The normalized spacial score (nSPS) is 12.3. The summed E-state index contributed by atoms with van der Waals surface area (Å²) in [5.41, 5.74) is 3.61. The molecule has 112 valence electrons. The molecule has 1 unspecified atom stereocenters. The molecule has 4 heteroatoms. The molecule has 2 aromatic carbocycles. The third-order valence-electron chi connectivity index (χ3n) is 3.45. The maximum absolute atomic E-state index is 13.2. The molecule has 0 N–H and O–H groups in total. The van der Waals surface area contributed by atoms with Crippen LogP contribution in [0, 0.1) is 25.5 Å². The molecule has 1 atom stereocenters. The molecule has 0 aliphatic heterocycles. The van der Waals surface area contributed by atoms with Crippen LogP contribution in [0.25, 0.3) is 0 Å². The van der Waals surface area contributed by atoms with Crippen LogP contribution in [0.2, 0.25) is 0 Å². The molecular weight excluding hydrogens is 294 g/mol. The third-order valence-corrected chi connectivity index (χ3v) is 3.85. The van der Waals surface area contributed by atoms with Gasteiger partial charge in [-0.3, -0.25) is 0 Å². The molecule has 1 nitrogen and oxygen atoms in total. The van der Waals surface area contributed by atoms with Crippen LogP contribution in [0.15, 0.2) is 30.3 Å². The molecule has 0 spiro atoms. The van der Waals surface area contributed by atoms with Gasteiger partial charge in [-0.2, -0.15) is 0 Å². The fraction of sp³-hybridized carbons (Fsp3) is 0.294. The summed E-state index contributed by atoms with van der Waals surface area (Å²) in [5, 5.41) is -0.307. The average molecular weight is 311 g/mol. The highest BCUT2D eigenvalue weighted by Gasteiger charge is 2.14. The van der Waals surface area contributed by atoms with Crippen LogP contribution in [0.5, 0.6) is 5.75 Å². The molecule has 0 heterocycles. The first-order chi connectivity index (χ1) is 9.92. The lowest BCUT2D eigenvalue weighted by Gasteiger charge is -2.15. The highest BCUT2D eigenvalue weighted by Crippen LogP contribution is 2.32. The van der Waals surface area contributed by atoms with Crippen LogP contribution in [-0.4, -0.2) is 7.11 Å². The molecule has 0 aliphatic carbocycles. The second-order valence-corrected chi connectivity index (χ2v) is 5.63. The molecule has 0 bridgehead atoms. The van der Waals surface area contributed by atoms with Crippen molar-refractivity contribution in [3.05, 3.63) is 64.2 Å². The molecule has 0 aromatic heterocycles. The zero-order valence-electron chi connectivity index (χ0n) is 12.2. The van der Waals surface area contributed by atoms with Gasteiger partial charge in [0, 0.05) is 0 Å². The molecule has 2 aromatic rings. The van der Waals surface area contributed by atoms with E-state index in [0.29, 0.717) is 12.0 Å². The monoisotopic (exact) mass is 310 g/mol. The van der Waals surface area contributed by atoms with E-state index in [2.05, 4.69) is 0 Å². The largest absolute Gasteiger partial charge is 0.496 e. The van der Waals surface area contributed by atoms with Gasteiger partial charge in [-0.05, 0) is 54.7 Å². The van der Waals surface area contributed by atoms with Crippen molar-refractivity contribution in [2.45, 2.75) is 25.6 Å². The van der Waals surface area contributed by atoms with E-state index in [4.69, 9.17) is 16.3 Å². The fourth-order valence-electron chi connectivity index (χ4n) is 2.48. The van der Waals surface area contributed by atoms with Crippen molar-refractivity contribution in [1.82, 2.24) is 0 Å². The van der Waals surface area contributed by atoms with Gasteiger partial charge in [-0.25, -0.2) is 8.78 Å². The molecule has 0 amide bonds. The minimum atomic E-state index is -0.849. The van der Waals surface area contributed by atoms with Gasteiger partial charge in [0.15, 0.2) is 11.6 Å². The van der Waals surface area contributed by atoms with Gasteiger partial charge in [0.05, 0.1) is 12.5 Å². The number of rotatable bonds is 4. The topological polar surface area (TPSA) is 9.23 Å². The zero-order chi connectivity index (χ0) is 15.6. The Bertz CT molecular complexity index is 632. The number of benzene rings is 2. The van der Waals surface area contributed by atoms with Crippen LogP contribution >= 0.6 is 11.6 Å². The van der Waals surface area contributed by atoms with Gasteiger partial charge >= 0.3 is 0 Å². The maximum Gasteiger partial charge on any atom is 0.159 e. The molecule has 0 fully saturated rings. The van der Waals surface area contributed by atoms with Gasteiger partial charge in [0.2, 0.25) is 0 Å². The highest BCUT2D eigenvalue weighted by atomic mass is 35.5. The lowest BCUT2D eigenvalue weighted by Crippen LogP contribution is -2.00. The van der Waals surface area contributed by atoms with Crippen molar-refractivity contribution in [2.24, 2.45) is 0 Å². The Balaban J connectivity index is 2.24. The van der Waals surface area contributed by atoms with Crippen LogP contribution in [0.1, 0.15) is 27.6 Å². The van der Waals surface area contributed by atoms with Crippen LogP contribution < -0.4 is 4.74 Å². The number of halogens is 3. The van der Waals surface area contributed by atoms with Gasteiger partial charge in [0.25, 0.3) is 0 Å². The number of alkyl halides is 1. The molecule has 0 saturated heterocycles. The summed E-state index contributed by atoms with van der Waals surface area (Å²) in [7, 11) is 1.63. The summed E-state index contributed by atoms with van der Waals surface area (Å²) in [4.78, 5) is 0. The first kappa shape index (κ1) is 15.8. The van der Waals surface area contributed by atoms with E-state index in [1.165, 1.54) is 6.07 Å². The molecular formula is C17H17ClF2O. The van der Waals surface area contributed by atoms with Crippen molar-refractivity contribution in [3.63, 3.8) is 0 Å². The van der Waals surface area contributed by atoms with Crippen LogP contribution in [0.3, 0.4) is 0 Å². The minimum Gasteiger partial charge on any atom is -0.496 e. The number of methoxy groups -OCH3 is 1. The summed E-state index contributed by atoms with van der Waals surface area (Å²) in [6.07, 6.45) is 0.434. The molecule has 2 rings (SSSR count). The lowest BCUT2D eigenvalue weighted by molar-refractivity contribution is 0.408. The minimum absolute atomic E-state index is 0.307. The molecule has 0 radical (unpaired) electrons.